The summed E-state index contributed by atoms with van der Waals surface area (Å²) >= 11 is 6.60. The second-order valence-corrected chi connectivity index (χ2v) is 10.4. The molecule has 0 spiro atoms. The number of carbonyl (C=O) groups is 1. The van der Waals surface area contributed by atoms with Crippen molar-refractivity contribution in [3.8, 4) is 17.0 Å². The highest BCUT2D eigenvalue weighted by Crippen LogP contribution is 2.40. The molecule has 3 N–H and O–H groups in total. The lowest BCUT2D eigenvalue weighted by Gasteiger charge is -2.34. The Morgan fingerprint density at radius 1 is 1.36 bits per heavy atom. The zero-order valence-corrected chi connectivity index (χ0v) is 22.0. The highest BCUT2D eigenvalue weighted by Gasteiger charge is 2.33. The summed E-state index contributed by atoms with van der Waals surface area (Å²) < 4.78 is 32.9. The molecule has 1 atom stereocenters. The van der Waals surface area contributed by atoms with Crippen LogP contribution in [0.15, 0.2) is 18.2 Å². The van der Waals surface area contributed by atoms with Gasteiger partial charge in [0.1, 0.15) is 5.75 Å². The molecule has 0 saturated heterocycles. The van der Waals surface area contributed by atoms with Crippen molar-refractivity contribution >= 4 is 17.5 Å². The molecule has 1 saturated carbocycles. The van der Waals surface area contributed by atoms with Gasteiger partial charge >= 0.3 is 6.61 Å². The third kappa shape index (κ3) is 6.36. The van der Waals surface area contributed by atoms with Gasteiger partial charge < -0.3 is 20.3 Å². The molecule has 3 rings (SSSR count). The van der Waals surface area contributed by atoms with Crippen LogP contribution in [0.25, 0.3) is 11.3 Å². The van der Waals surface area contributed by atoms with E-state index in [-0.39, 0.29) is 34.3 Å². The molecule has 1 fully saturated rings. The zero-order valence-electron chi connectivity index (χ0n) is 21.3. The zero-order chi connectivity index (χ0) is 26.7. The molecule has 1 heterocycles. The number of ether oxygens (including phenoxy) is 1. The lowest BCUT2D eigenvalue weighted by Crippen LogP contribution is -2.45. The number of hydrogen-bond acceptors (Lipinski definition) is 5. The Morgan fingerprint density at radius 2 is 2.03 bits per heavy atom. The molecule has 10 heteroatoms. The van der Waals surface area contributed by atoms with E-state index in [2.05, 4.69) is 17.3 Å². The molecule has 2 aromatic rings. The van der Waals surface area contributed by atoms with Crippen LogP contribution in [-0.4, -0.2) is 44.7 Å². The number of aromatic nitrogens is 2. The van der Waals surface area contributed by atoms with Crippen LogP contribution in [0.1, 0.15) is 82.3 Å². The van der Waals surface area contributed by atoms with E-state index in [1.54, 1.807) is 26.0 Å². The minimum absolute atomic E-state index is 0.00853. The largest absolute Gasteiger partial charge is 0.434 e. The molecular weight excluding hydrogens is 492 g/mol. The highest BCUT2D eigenvalue weighted by molar-refractivity contribution is 6.36. The molecule has 0 radical (unpaired) electrons. The molecule has 200 valence electrons. The summed E-state index contributed by atoms with van der Waals surface area (Å²) in [5.74, 6) is -0.188. The maximum absolute atomic E-state index is 13.3. The Hall–Kier alpha value is -2.23. The van der Waals surface area contributed by atoms with Crippen LogP contribution in [0.4, 0.5) is 8.78 Å². The lowest BCUT2D eigenvalue weighted by atomic mass is 9.79. The van der Waals surface area contributed by atoms with Gasteiger partial charge in [0, 0.05) is 18.7 Å². The van der Waals surface area contributed by atoms with Gasteiger partial charge in [-0.25, -0.2) is 0 Å². The summed E-state index contributed by atoms with van der Waals surface area (Å²) in [6.07, 6.45) is 4.09. The number of carbonyl (C=O) groups excluding carboxylic acids is 1. The van der Waals surface area contributed by atoms with Crippen molar-refractivity contribution in [2.24, 2.45) is 5.92 Å². The fourth-order valence-corrected chi connectivity index (χ4v) is 5.08. The maximum atomic E-state index is 13.3. The van der Waals surface area contributed by atoms with E-state index in [0.717, 1.165) is 12.8 Å². The number of amides is 1. The molecule has 1 aliphatic rings. The van der Waals surface area contributed by atoms with E-state index in [0.29, 0.717) is 43.7 Å². The summed E-state index contributed by atoms with van der Waals surface area (Å²) in [6, 6.07) is 4.55. The summed E-state index contributed by atoms with van der Waals surface area (Å²) in [5, 5.41) is 28.6. The van der Waals surface area contributed by atoms with Crippen LogP contribution in [-0.2, 0) is 12.1 Å². The molecule has 0 unspecified atom stereocenters. The first-order valence-corrected chi connectivity index (χ1v) is 12.9. The average molecular weight is 528 g/mol. The third-order valence-electron chi connectivity index (χ3n) is 7.00. The Bertz CT molecular complexity index is 1070. The SMILES string of the molecule is CCC[C@](C)(O)c1ccc(-c2c(Cl)c(C(=O)NCC3(O)CCC(C)CC3)nn2CC)c(OC(F)F)c1. The van der Waals surface area contributed by atoms with Gasteiger partial charge in [-0.05, 0) is 69.6 Å². The van der Waals surface area contributed by atoms with Crippen LogP contribution in [0, 0.1) is 5.92 Å². The quantitative estimate of drug-likeness (QED) is 0.379. The molecule has 1 aromatic heterocycles. The van der Waals surface area contributed by atoms with E-state index >= 15 is 0 Å². The van der Waals surface area contributed by atoms with Crippen molar-refractivity contribution in [2.75, 3.05) is 6.54 Å². The van der Waals surface area contributed by atoms with Gasteiger partial charge in [0.05, 0.1) is 21.9 Å². The van der Waals surface area contributed by atoms with Crippen LogP contribution in [0.2, 0.25) is 5.02 Å². The first-order valence-electron chi connectivity index (χ1n) is 12.5. The van der Waals surface area contributed by atoms with E-state index in [1.807, 2.05) is 6.92 Å². The number of nitrogens with zero attached hydrogens (tertiary/aromatic N) is 2. The highest BCUT2D eigenvalue weighted by atomic mass is 35.5. The monoisotopic (exact) mass is 527 g/mol. The number of alkyl halides is 2. The Balaban J connectivity index is 1.95. The van der Waals surface area contributed by atoms with Crippen molar-refractivity contribution in [3.05, 3.63) is 34.5 Å². The van der Waals surface area contributed by atoms with E-state index in [9.17, 15) is 23.8 Å². The van der Waals surface area contributed by atoms with Crippen molar-refractivity contribution in [1.82, 2.24) is 15.1 Å². The standard InChI is InChI=1S/C26H36ClF2N3O4/c1-5-11-25(4,34)17-7-8-18(19(14-17)36-24(28)29)22-20(27)21(31-32(22)6-2)23(33)30-15-26(35)12-9-16(3)10-13-26/h7-8,14,16,24,34-35H,5-6,9-13,15H2,1-4H3,(H,30,33)/t16?,25-,26?/m0/s1. The molecular formula is C26H36ClF2N3O4. The molecule has 0 aliphatic heterocycles. The van der Waals surface area contributed by atoms with E-state index in [1.165, 1.54) is 10.7 Å². The fraction of sp³-hybridized carbons (Fsp3) is 0.615. The van der Waals surface area contributed by atoms with Gasteiger partial charge in [-0.2, -0.15) is 13.9 Å². The van der Waals surface area contributed by atoms with Gasteiger partial charge in [-0.15, -0.1) is 0 Å². The van der Waals surface area contributed by atoms with Crippen LogP contribution in [0.5, 0.6) is 5.75 Å². The maximum Gasteiger partial charge on any atom is 0.387 e. The average Bonchev–Trinajstić information content (AvgIpc) is 3.15. The molecule has 1 aliphatic carbocycles. The normalized spacial score (nSPS) is 21.9. The number of aliphatic hydroxyl groups is 2. The summed E-state index contributed by atoms with van der Waals surface area (Å²) in [5.41, 5.74) is -1.36. The van der Waals surface area contributed by atoms with E-state index < -0.39 is 23.7 Å². The van der Waals surface area contributed by atoms with Gasteiger partial charge in [0.2, 0.25) is 0 Å². The van der Waals surface area contributed by atoms with Gasteiger partial charge in [0.15, 0.2) is 5.69 Å². The Labute approximate surface area is 215 Å². The molecule has 1 aromatic carbocycles. The van der Waals surface area contributed by atoms with Gasteiger partial charge in [-0.1, -0.05) is 37.9 Å². The molecule has 0 bridgehead atoms. The first-order chi connectivity index (χ1) is 16.9. The number of rotatable bonds is 10. The smallest absolute Gasteiger partial charge is 0.387 e. The third-order valence-corrected chi connectivity index (χ3v) is 7.36. The molecule has 36 heavy (non-hydrogen) atoms. The van der Waals surface area contributed by atoms with Crippen molar-refractivity contribution in [1.29, 1.82) is 0 Å². The number of benzene rings is 1. The minimum atomic E-state index is -3.10. The van der Waals surface area contributed by atoms with Crippen LogP contribution >= 0.6 is 11.6 Å². The van der Waals surface area contributed by atoms with Gasteiger partial charge in [0.25, 0.3) is 5.91 Å². The van der Waals surface area contributed by atoms with E-state index in [4.69, 9.17) is 16.3 Å². The summed E-state index contributed by atoms with van der Waals surface area (Å²) in [6.45, 7) is 4.74. The molecule has 1 amide bonds. The molecule has 7 nitrogen and oxygen atoms in total. The van der Waals surface area contributed by atoms with Crippen LogP contribution in [0.3, 0.4) is 0 Å². The first kappa shape index (κ1) is 28.3. The Morgan fingerprint density at radius 3 is 2.61 bits per heavy atom. The van der Waals surface area contributed by atoms with Crippen molar-refractivity contribution < 1.29 is 28.5 Å². The minimum Gasteiger partial charge on any atom is -0.434 e. The van der Waals surface area contributed by atoms with Crippen LogP contribution < -0.4 is 10.1 Å². The summed E-state index contributed by atoms with van der Waals surface area (Å²) in [4.78, 5) is 13.0. The topological polar surface area (TPSA) is 96.6 Å². The number of nitrogens with one attached hydrogen (secondary N) is 1. The second-order valence-electron chi connectivity index (χ2n) is 10.0. The Kier molecular flexibility index (Phi) is 9.01. The number of aryl methyl sites for hydroxylation is 1. The van der Waals surface area contributed by atoms with Gasteiger partial charge in [-0.3, -0.25) is 9.48 Å². The predicted octanol–water partition coefficient (Wildman–Crippen LogP) is 5.50. The second kappa shape index (κ2) is 11.4. The van der Waals surface area contributed by atoms with Crippen molar-refractivity contribution in [2.45, 2.75) is 90.6 Å². The fourth-order valence-electron chi connectivity index (χ4n) is 4.75. The van der Waals surface area contributed by atoms with Crippen molar-refractivity contribution in [3.63, 3.8) is 0 Å². The lowest BCUT2D eigenvalue weighted by molar-refractivity contribution is -0.0498. The predicted molar refractivity (Wildman–Crippen MR) is 134 cm³/mol. The summed E-state index contributed by atoms with van der Waals surface area (Å²) in [7, 11) is 0. The number of halogens is 3. The number of hydrogen-bond donors (Lipinski definition) is 3.